The zero-order valence-electron chi connectivity index (χ0n) is 12.9. The van der Waals surface area contributed by atoms with Gasteiger partial charge in [0, 0.05) is 24.7 Å². The van der Waals surface area contributed by atoms with Gasteiger partial charge < -0.3 is 9.64 Å². The highest BCUT2D eigenvalue weighted by Gasteiger charge is 2.42. The van der Waals surface area contributed by atoms with E-state index in [2.05, 4.69) is 0 Å². The summed E-state index contributed by atoms with van der Waals surface area (Å²) in [5, 5.41) is 11.3. The fourth-order valence-electron chi connectivity index (χ4n) is 2.73. The SMILES string of the molecule is CCOC(=O)C1(C)CCN(c2cc(C)c([N+](=O)[O-])cc2Cl)C1. The van der Waals surface area contributed by atoms with Crippen LogP contribution in [-0.4, -0.2) is 30.6 Å². The van der Waals surface area contributed by atoms with Crippen molar-refractivity contribution in [1.29, 1.82) is 0 Å². The Kier molecular flexibility index (Phi) is 4.60. The second-order valence-corrected chi connectivity index (χ2v) is 6.21. The normalized spacial score (nSPS) is 21.0. The number of nitrogens with zero attached hydrogens (tertiary/aromatic N) is 2. The Morgan fingerprint density at radius 3 is 2.82 bits per heavy atom. The summed E-state index contributed by atoms with van der Waals surface area (Å²) in [6.07, 6.45) is 0.665. The number of hydrogen-bond acceptors (Lipinski definition) is 5. The summed E-state index contributed by atoms with van der Waals surface area (Å²) in [6, 6.07) is 3.07. The summed E-state index contributed by atoms with van der Waals surface area (Å²) < 4.78 is 5.13. The summed E-state index contributed by atoms with van der Waals surface area (Å²) >= 11 is 6.20. The zero-order chi connectivity index (χ0) is 16.5. The molecule has 1 aromatic carbocycles. The van der Waals surface area contributed by atoms with Crippen LogP contribution in [0.15, 0.2) is 12.1 Å². The van der Waals surface area contributed by atoms with Gasteiger partial charge in [0.25, 0.3) is 5.69 Å². The molecule has 0 amide bonds. The van der Waals surface area contributed by atoms with Crippen LogP contribution in [0, 0.1) is 22.5 Å². The van der Waals surface area contributed by atoms with E-state index in [0.717, 1.165) is 5.69 Å². The highest BCUT2D eigenvalue weighted by molar-refractivity contribution is 6.33. The van der Waals surface area contributed by atoms with Crippen LogP contribution < -0.4 is 4.90 Å². The number of carbonyl (C=O) groups excluding carboxylic acids is 1. The van der Waals surface area contributed by atoms with Crippen molar-refractivity contribution in [2.24, 2.45) is 5.41 Å². The molecule has 1 aliphatic rings. The Bertz CT molecular complexity index is 620. The second kappa shape index (κ2) is 6.12. The highest BCUT2D eigenvalue weighted by atomic mass is 35.5. The van der Waals surface area contributed by atoms with Crippen LogP contribution in [0.1, 0.15) is 25.8 Å². The van der Waals surface area contributed by atoms with Gasteiger partial charge in [0.2, 0.25) is 0 Å². The first-order valence-corrected chi connectivity index (χ1v) is 7.53. The first kappa shape index (κ1) is 16.5. The average Bonchev–Trinajstić information content (AvgIpc) is 2.85. The quantitative estimate of drug-likeness (QED) is 0.482. The van der Waals surface area contributed by atoms with Gasteiger partial charge in [-0.3, -0.25) is 14.9 Å². The van der Waals surface area contributed by atoms with Gasteiger partial charge in [0.1, 0.15) is 0 Å². The molecule has 2 rings (SSSR count). The molecule has 6 nitrogen and oxygen atoms in total. The van der Waals surface area contributed by atoms with Gasteiger partial charge in [-0.2, -0.15) is 0 Å². The Morgan fingerprint density at radius 1 is 1.55 bits per heavy atom. The summed E-state index contributed by atoms with van der Waals surface area (Å²) in [6.45, 7) is 6.83. The molecule has 1 fully saturated rings. The van der Waals surface area contributed by atoms with Crippen molar-refractivity contribution in [3.05, 3.63) is 32.8 Å². The van der Waals surface area contributed by atoms with Crippen LogP contribution >= 0.6 is 11.6 Å². The lowest BCUT2D eigenvalue weighted by molar-refractivity contribution is -0.385. The molecule has 120 valence electrons. The zero-order valence-corrected chi connectivity index (χ0v) is 13.6. The van der Waals surface area contributed by atoms with Gasteiger partial charge in [-0.15, -0.1) is 0 Å². The molecule has 1 aliphatic heterocycles. The van der Waals surface area contributed by atoms with E-state index in [1.54, 1.807) is 19.9 Å². The number of hydrogen-bond donors (Lipinski definition) is 0. The van der Waals surface area contributed by atoms with Crippen LogP contribution in [0.25, 0.3) is 0 Å². The van der Waals surface area contributed by atoms with Crippen molar-refractivity contribution < 1.29 is 14.5 Å². The minimum absolute atomic E-state index is 0.00102. The number of carbonyl (C=O) groups is 1. The Labute approximate surface area is 134 Å². The van der Waals surface area contributed by atoms with E-state index in [9.17, 15) is 14.9 Å². The number of anilines is 1. The van der Waals surface area contributed by atoms with Crippen molar-refractivity contribution in [2.45, 2.75) is 27.2 Å². The number of esters is 1. The molecule has 0 aromatic heterocycles. The van der Waals surface area contributed by atoms with Gasteiger partial charge in [-0.25, -0.2) is 0 Å². The van der Waals surface area contributed by atoms with Gasteiger partial charge in [-0.05, 0) is 33.3 Å². The van der Waals surface area contributed by atoms with Gasteiger partial charge >= 0.3 is 5.97 Å². The lowest BCUT2D eigenvalue weighted by Gasteiger charge is -2.24. The number of nitro groups is 1. The summed E-state index contributed by atoms with van der Waals surface area (Å²) in [5.41, 5.74) is 0.697. The molecular formula is C15H19ClN2O4. The monoisotopic (exact) mass is 326 g/mol. The van der Waals surface area contributed by atoms with Crippen LogP contribution in [-0.2, 0) is 9.53 Å². The van der Waals surface area contributed by atoms with E-state index in [1.807, 2.05) is 11.8 Å². The molecule has 0 spiro atoms. The first-order chi connectivity index (χ1) is 10.3. The van der Waals surface area contributed by atoms with Gasteiger partial charge in [0.15, 0.2) is 0 Å². The van der Waals surface area contributed by atoms with Crippen molar-refractivity contribution in [3.63, 3.8) is 0 Å². The lowest BCUT2D eigenvalue weighted by atomic mass is 9.90. The standard InChI is InChI=1S/C15H19ClN2O4/c1-4-22-14(19)15(3)5-6-17(9-15)13-7-10(2)12(18(20)21)8-11(13)16/h7-8H,4-6,9H2,1-3H3. The van der Waals surface area contributed by atoms with Crippen LogP contribution in [0.5, 0.6) is 0 Å². The van der Waals surface area contributed by atoms with E-state index >= 15 is 0 Å². The number of benzene rings is 1. The van der Waals surface area contributed by atoms with Crippen molar-refractivity contribution >= 4 is 28.9 Å². The van der Waals surface area contributed by atoms with Gasteiger partial charge in [-0.1, -0.05) is 11.6 Å². The molecule has 0 aliphatic carbocycles. The van der Waals surface area contributed by atoms with E-state index in [0.29, 0.717) is 36.7 Å². The van der Waals surface area contributed by atoms with E-state index in [4.69, 9.17) is 16.3 Å². The predicted molar refractivity (Wildman–Crippen MR) is 84.4 cm³/mol. The first-order valence-electron chi connectivity index (χ1n) is 7.15. The molecule has 1 heterocycles. The van der Waals surface area contributed by atoms with Crippen molar-refractivity contribution in [2.75, 3.05) is 24.6 Å². The minimum atomic E-state index is -0.574. The van der Waals surface area contributed by atoms with Crippen LogP contribution in [0.2, 0.25) is 5.02 Å². The number of rotatable bonds is 4. The summed E-state index contributed by atoms with van der Waals surface area (Å²) in [5.74, 6) is -0.216. The Morgan fingerprint density at radius 2 is 2.23 bits per heavy atom. The molecule has 7 heteroatoms. The maximum atomic E-state index is 12.1. The third-order valence-electron chi connectivity index (χ3n) is 4.04. The fraction of sp³-hybridized carbons (Fsp3) is 0.533. The number of halogens is 1. The third-order valence-corrected chi connectivity index (χ3v) is 4.35. The second-order valence-electron chi connectivity index (χ2n) is 5.80. The maximum absolute atomic E-state index is 12.1. The smallest absolute Gasteiger partial charge is 0.313 e. The Hall–Kier alpha value is -1.82. The predicted octanol–water partition coefficient (Wildman–Crippen LogP) is 3.34. The molecule has 0 radical (unpaired) electrons. The highest BCUT2D eigenvalue weighted by Crippen LogP contribution is 2.39. The number of ether oxygens (including phenoxy) is 1. The molecule has 1 unspecified atom stereocenters. The van der Waals surface area contributed by atoms with E-state index in [-0.39, 0.29) is 11.7 Å². The average molecular weight is 327 g/mol. The molecule has 1 aromatic rings. The third kappa shape index (κ3) is 3.02. The topological polar surface area (TPSA) is 72.7 Å². The van der Waals surface area contributed by atoms with Crippen molar-refractivity contribution in [1.82, 2.24) is 0 Å². The number of aryl methyl sites for hydroxylation is 1. The molecule has 1 saturated heterocycles. The fourth-order valence-corrected chi connectivity index (χ4v) is 3.01. The molecular weight excluding hydrogens is 308 g/mol. The molecule has 0 bridgehead atoms. The van der Waals surface area contributed by atoms with Crippen LogP contribution in [0.3, 0.4) is 0 Å². The summed E-state index contributed by atoms with van der Waals surface area (Å²) in [7, 11) is 0. The molecule has 0 N–H and O–H groups in total. The lowest BCUT2D eigenvalue weighted by Crippen LogP contribution is -2.33. The summed E-state index contributed by atoms with van der Waals surface area (Å²) in [4.78, 5) is 24.5. The molecule has 22 heavy (non-hydrogen) atoms. The van der Waals surface area contributed by atoms with E-state index < -0.39 is 10.3 Å². The van der Waals surface area contributed by atoms with Crippen LogP contribution in [0.4, 0.5) is 11.4 Å². The molecule has 0 saturated carbocycles. The largest absolute Gasteiger partial charge is 0.466 e. The van der Waals surface area contributed by atoms with Gasteiger partial charge in [0.05, 0.1) is 27.7 Å². The minimum Gasteiger partial charge on any atom is -0.466 e. The maximum Gasteiger partial charge on any atom is 0.313 e. The Balaban J connectivity index is 2.26. The molecule has 1 atom stereocenters. The van der Waals surface area contributed by atoms with Crippen molar-refractivity contribution in [3.8, 4) is 0 Å². The number of nitro benzene ring substituents is 1. The van der Waals surface area contributed by atoms with E-state index in [1.165, 1.54) is 6.07 Å².